The Kier molecular flexibility index (Phi) is 13.8. The Bertz CT molecular complexity index is 2260. The standard InChI is InChI=1S/C24H22N2O4S2.C17H16N2O2S2/c1-3-28-19-9-5-16(6-10-19)22-25-18(14-31-22)13-30-24(27)21-15-32-23(26-21)17-7-11-20(12-8-17)29-4-2;1-19(2)14-5-3-13(4-6-14)16-18-15(11-23-16)17(20)21-9-12-7-8-22-10-12/h5-12,14-15H,3-4,13H2,1-2H3;3-8,10-11H,9H2,1-2H3. The molecule has 55 heavy (non-hydrogen) atoms. The Morgan fingerprint density at radius 3 is 1.53 bits per heavy atom. The van der Waals surface area contributed by atoms with E-state index in [4.69, 9.17) is 18.9 Å². The second kappa shape index (κ2) is 19.3. The maximum Gasteiger partial charge on any atom is 0.358 e. The minimum atomic E-state index is -0.464. The molecule has 0 spiro atoms. The number of thiazole rings is 3. The van der Waals surface area contributed by atoms with Crippen molar-refractivity contribution in [2.45, 2.75) is 27.1 Å². The van der Waals surface area contributed by atoms with Gasteiger partial charge in [0.15, 0.2) is 11.4 Å². The zero-order valence-electron chi connectivity index (χ0n) is 30.6. The van der Waals surface area contributed by atoms with Gasteiger partial charge < -0.3 is 23.8 Å². The van der Waals surface area contributed by atoms with Gasteiger partial charge in [-0.2, -0.15) is 11.3 Å². The zero-order valence-corrected chi connectivity index (χ0v) is 33.9. The van der Waals surface area contributed by atoms with E-state index in [9.17, 15) is 9.59 Å². The Balaban J connectivity index is 0.000000197. The number of thiophene rings is 1. The number of carbonyl (C=O) groups excluding carboxylic acids is 2. The van der Waals surface area contributed by atoms with Gasteiger partial charge in [0.1, 0.15) is 39.7 Å². The highest BCUT2D eigenvalue weighted by atomic mass is 32.1. The highest BCUT2D eigenvalue weighted by molar-refractivity contribution is 7.14. The van der Waals surface area contributed by atoms with Gasteiger partial charge in [0, 0.05) is 58.2 Å². The van der Waals surface area contributed by atoms with Gasteiger partial charge in [0.05, 0.1) is 18.9 Å². The number of hydrogen-bond acceptors (Lipinski definition) is 14. The average Bonchev–Trinajstić information content (AvgIpc) is 4.06. The van der Waals surface area contributed by atoms with Gasteiger partial charge in [-0.15, -0.1) is 34.0 Å². The second-order valence-corrected chi connectivity index (χ2v) is 15.2. The monoisotopic (exact) mass is 810 g/mol. The van der Waals surface area contributed by atoms with Crippen LogP contribution in [0.2, 0.25) is 0 Å². The molecule has 7 aromatic rings. The first-order valence-electron chi connectivity index (χ1n) is 17.2. The number of nitrogens with zero attached hydrogens (tertiary/aromatic N) is 4. The summed E-state index contributed by atoms with van der Waals surface area (Å²) >= 11 is 5.94. The number of aromatic nitrogens is 3. The molecule has 4 heterocycles. The summed E-state index contributed by atoms with van der Waals surface area (Å²) in [7, 11) is 4.00. The van der Waals surface area contributed by atoms with Crippen molar-refractivity contribution in [3.8, 4) is 43.2 Å². The molecule has 0 saturated heterocycles. The third-order valence-electron chi connectivity index (χ3n) is 7.73. The quantitative estimate of drug-likeness (QED) is 0.0984. The molecule has 10 nitrogen and oxygen atoms in total. The maximum atomic E-state index is 12.4. The van der Waals surface area contributed by atoms with E-state index in [1.54, 1.807) is 22.1 Å². The Hall–Kier alpha value is -5.41. The molecule has 0 atom stereocenters. The topological polar surface area (TPSA) is 113 Å². The van der Waals surface area contributed by atoms with Gasteiger partial charge in [-0.1, -0.05) is 0 Å². The van der Waals surface area contributed by atoms with E-state index in [2.05, 4.69) is 15.0 Å². The molecule has 0 fully saturated rings. The molecule has 0 aliphatic rings. The summed E-state index contributed by atoms with van der Waals surface area (Å²) < 4.78 is 21.6. The molecule has 3 aromatic carbocycles. The zero-order chi connectivity index (χ0) is 38.6. The van der Waals surface area contributed by atoms with Gasteiger partial charge in [0.25, 0.3) is 0 Å². The molecule has 0 unspecified atom stereocenters. The van der Waals surface area contributed by atoms with E-state index in [1.165, 1.54) is 34.0 Å². The molecule has 0 N–H and O–H groups in total. The minimum absolute atomic E-state index is 0.0995. The van der Waals surface area contributed by atoms with Crippen LogP contribution in [0, 0.1) is 0 Å². The van der Waals surface area contributed by atoms with Crippen molar-refractivity contribution in [2.24, 2.45) is 0 Å². The third-order valence-corrected chi connectivity index (χ3v) is 11.2. The van der Waals surface area contributed by atoms with E-state index in [0.29, 0.717) is 30.3 Å². The van der Waals surface area contributed by atoms with Crippen LogP contribution in [0.15, 0.2) is 106 Å². The van der Waals surface area contributed by atoms with Crippen LogP contribution in [-0.4, -0.2) is 54.2 Å². The Morgan fingerprint density at radius 2 is 1.05 bits per heavy atom. The first-order chi connectivity index (χ1) is 26.8. The van der Waals surface area contributed by atoms with Crippen molar-refractivity contribution >= 4 is 63.0 Å². The van der Waals surface area contributed by atoms with Gasteiger partial charge >= 0.3 is 11.9 Å². The number of ether oxygens (including phenoxy) is 4. The summed E-state index contributed by atoms with van der Waals surface area (Å²) in [6.45, 7) is 5.53. The largest absolute Gasteiger partial charge is 0.494 e. The van der Waals surface area contributed by atoms with Crippen molar-refractivity contribution in [2.75, 3.05) is 32.2 Å². The number of hydrogen-bond donors (Lipinski definition) is 0. The van der Waals surface area contributed by atoms with Crippen molar-refractivity contribution in [3.63, 3.8) is 0 Å². The van der Waals surface area contributed by atoms with E-state index in [1.807, 2.05) is 128 Å². The SMILES string of the molecule is CCOc1ccc(-c2nc(COC(=O)c3csc(-c4ccc(OCC)cc4)n3)cs2)cc1.CN(C)c1ccc(-c2nc(C(=O)OCc3ccsc3)cs2)cc1. The van der Waals surface area contributed by atoms with Gasteiger partial charge in [-0.3, -0.25) is 0 Å². The highest BCUT2D eigenvalue weighted by Crippen LogP contribution is 2.29. The molecule has 0 radical (unpaired) electrons. The summed E-state index contributed by atoms with van der Waals surface area (Å²) in [5.41, 5.74) is 6.40. The van der Waals surface area contributed by atoms with Crippen LogP contribution >= 0.6 is 45.3 Å². The molecule has 0 amide bonds. The molecular formula is C41H38N4O6S4. The van der Waals surface area contributed by atoms with E-state index >= 15 is 0 Å². The lowest BCUT2D eigenvalue weighted by molar-refractivity contribution is 0.0456. The number of rotatable bonds is 14. The van der Waals surface area contributed by atoms with Crippen LogP contribution < -0.4 is 14.4 Å². The fraction of sp³-hybridized carbons (Fsp3) is 0.195. The van der Waals surface area contributed by atoms with Gasteiger partial charge in [0.2, 0.25) is 0 Å². The average molecular weight is 811 g/mol. The van der Waals surface area contributed by atoms with Crippen molar-refractivity contribution < 1.29 is 28.5 Å². The Morgan fingerprint density at radius 1 is 0.582 bits per heavy atom. The van der Waals surface area contributed by atoms with Crippen LogP contribution in [0.3, 0.4) is 0 Å². The molecule has 0 aliphatic carbocycles. The number of carbonyl (C=O) groups is 2. The predicted molar refractivity (Wildman–Crippen MR) is 222 cm³/mol. The minimum Gasteiger partial charge on any atom is -0.494 e. The van der Waals surface area contributed by atoms with Crippen molar-refractivity contribution in [1.82, 2.24) is 15.0 Å². The lowest BCUT2D eigenvalue weighted by Crippen LogP contribution is -2.07. The predicted octanol–water partition coefficient (Wildman–Crippen LogP) is 10.4. The number of esters is 2. The number of anilines is 1. The van der Waals surface area contributed by atoms with Crippen LogP contribution in [0.5, 0.6) is 11.5 Å². The maximum absolute atomic E-state index is 12.4. The molecule has 7 rings (SSSR count). The molecule has 282 valence electrons. The fourth-order valence-electron chi connectivity index (χ4n) is 4.94. The lowest BCUT2D eigenvalue weighted by atomic mass is 10.2. The number of benzene rings is 3. The lowest BCUT2D eigenvalue weighted by Gasteiger charge is -2.11. The first kappa shape index (κ1) is 39.3. The van der Waals surface area contributed by atoms with E-state index < -0.39 is 5.97 Å². The molecule has 0 saturated carbocycles. The third kappa shape index (κ3) is 10.9. The van der Waals surface area contributed by atoms with Gasteiger partial charge in [-0.05, 0) is 103 Å². The van der Waals surface area contributed by atoms with E-state index in [-0.39, 0.29) is 19.2 Å². The summed E-state index contributed by atoms with van der Waals surface area (Å²) in [5.74, 6) is 0.785. The van der Waals surface area contributed by atoms with Crippen LogP contribution in [0.4, 0.5) is 5.69 Å². The molecule has 0 aliphatic heterocycles. The first-order valence-corrected chi connectivity index (χ1v) is 20.8. The van der Waals surface area contributed by atoms with Crippen LogP contribution in [0.1, 0.15) is 46.1 Å². The highest BCUT2D eigenvalue weighted by Gasteiger charge is 2.16. The second-order valence-electron chi connectivity index (χ2n) is 11.9. The summed E-state index contributed by atoms with van der Waals surface area (Å²) in [6, 6.07) is 25.4. The normalized spacial score (nSPS) is 10.6. The molecular weight excluding hydrogens is 773 g/mol. The smallest absolute Gasteiger partial charge is 0.358 e. The van der Waals surface area contributed by atoms with Crippen molar-refractivity contribution in [1.29, 1.82) is 0 Å². The molecule has 0 bridgehead atoms. The summed E-state index contributed by atoms with van der Waals surface area (Å²) in [4.78, 5) is 39.9. The molecule has 4 aromatic heterocycles. The van der Waals surface area contributed by atoms with Crippen molar-refractivity contribution in [3.05, 3.63) is 128 Å². The van der Waals surface area contributed by atoms with Crippen LogP contribution in [0.25, 0.3) is 31.7 Å². The van der Waals surface area contributed by atoms with Crippen LogP contribution in [-0.2, 0) is 22.7 Å². The molecule has 14 heteroatoms. The van der Waals surface area contributed by atoms with Gasteiger partial charge in [-0.25, -0.2) is 24.5 Å². The summed E-state index contributed by atoms with van der Waals surface area (Å²) in [5, 5.41) is 11.7. The Labute approximate surface area is 335 Å². The van der Waals surface area contributed by atoms with E-state index in [0.717, 1.165) is 54.5 Å². The summed E-state index contributed by atoms with van der Waals surface area (Å²) in [6.07, 6.45) is 0. The fourth-order valence-corrected chi connectivity index (χ4v) is 7.99.